The second kappa shape index (κ2) is 8.48. The molecule has 0 aliphatic rings. The van der Waals surface area contributed by atoms with Gasteiger partial charge in [-0.05, 0) is 62.1 Å². The van der Waals surface area contributed by atoms with Crippen LogP contribution in [-0.2, 0) is 0 Å². The van der Waals surface area contributed by atoms with Gasteiger partial charge in [-0.1, -0.05) is 19.9 Å². The molecule has 2 rings (SSSR count). The van der Waals surface area contributed by atoms with Crippen molar-refractivity contribution >= 4 is 17.3 Å². The molecular weight excluding hydrogens is 298 g/mol. The number of hydrogen-bond acceptors (Lipinski definition) is 3. The van der Waals surface area contributed by atoms with E-state index in [4.69, 9.17) is 0 Å². The molecule has 4 heteroatoms. The van der Waals surface area contributed by atoms with Gasteiger partial charge >= 0.3 is 0 Å². The van der Waals surface area contributed by atoms with Crippen molar-refractivity contribution in [2.75, 3.05) is 18.4 Å². The number of rotatable bonds is 7. The molecule has 1 N–H and O–H groups in total. The van der Waals surface area contributed by atoms with E-state index in [2.05, 4.69) is 56.2 Å². The number of carbonyl (C=O) groups is 1. The summed E-state index contributed by atoms with van der Waals surface area (Å²) in [7, 11) is 0. The molecule has 0 unspecified atom stereocenters. The largest absolute Gasteiger partial charge is 0.355 e. The zero-order chi connectivity index (χ0) is 17.5. The average Bonchev–Trinajstić information content (AvgIpc) is 2.53. The van der Waals surface area contributed by atoms with Gasteiger partial charge in [-0.25, -0.2) is 0 Å². The monoisotopic (exact) mass is 325 g/mol. The van der Waals surface area contributed by atoms with Crippen LogP contribution < -0.4 is 5.32 Å². The number of nitrogens with one attached hydrogen (secondary N) is 1. The lowest BCUT2D eigenvalue weighted by molar-refractivity contribution is 0.0749. The van der Waals surface area contributed by atoms with E-state index in [0.29, 0.717) is 5.69 Å². The predicted molar refractivity (Wildman–Crippen MR) is 99.9 cm³/mol. The van der Waals surface area contributed by atoms with Crippen molar-refractivity contribution in [1.82, 2.24) is 9.88 Å². The van der Waals surface area contributed by atoms with Crippen LogP contribution in [0.3, 0.4) is 0 Å². The lowest BCUT2D eigenvalue weighted by Gasteiger charge is -2.21. The summed E-state index contributed by atoms with van der Waals surface area (Å²) in [5.74, 6) is 0.00257. The molecule has 0 radical (unpaired) electrons. The molecule has 1 aromatic carbocycles. The van der Waals surface area contributed by atoms with E-state index in [1.807, 2.05) is 17.0 Å². The quantitative estimate of drug-likeness (QED) is 0.802. The number of benzene rings is 1. The maximum absolute atomic E-state index is 12.7. The van der Waals surface area contributed by atoms with Gasteiger partial charge in [0, 0.05) is 30.7 Å². The minimum atomic E-state index is 0.00257. The molecule has 0 spiro atoms. The topological polar surface area (TPSA) is 45.2 Å². The summed E-state index contributed by atoms with van der Waals surface area (Å²) in [4.78, 5) is 18.8. The van der Waals surface area contributed by atoms with Gasteiger partial charge in [-0.3, -0.25) is 9.78 Å². The van der Waals surface area contributed by atoms with Crippen molar-refractivity contribution < 1.29 is 4.79 Å². The number of anilines is 2. The third-order valence-corrected chi connectivity index (χ3v) is 3.76. The Morgan fingerprint density at radius 2 is 1.62 bits per heavy atom. The Labute approximate surface area is 144 Å². The minimum Gasteiger partial charge on any atom is -0.355 e. The fraction of sp³-hybridized carbons (Fsp3) is 0.400. The first-order chi connectivity index (χ1) is 11.5. The van der Waals surface area contributed by atoms with Crippen LogP contribution in [-0.4, -0.2) is 28.9 Å². The lowest BCUT2D eigenvalue weighted by atomic mass is 10.1. The first-order valence-corrected chi connectivity index (χ1v) is 8.64. The van der Waals surface area contributed by atoms with Crippen LogP contribution in [0.2, 0.25) is 0 Å². The Bertz CT molecular complexity index is 671. The molecule has 1 amide bonds. The predicted octanol–water partition coefficient (Wildman–Crippen LogP) is 4.70. The van der Waals surface area contributed by atoms with Gasteiger partial charge in [0.2, 0.25) is 0 Å². The van der Waals surface area contributed by atoms with Crippen LogP contribution in [0, 0.1) is 13.8 Å². The number of aromatic nitrogens is 1. The summed E-state index contributed by atoms with van der Waals surface area (Å²) >= 11 is 0. The summed E-state index contributed by atoms with van der Waals surface area (Å²) in [5.41, 5.74) is 4.81. The Balaban J connectivity index is 2.20. The lowest BCUT2D eigenvalue weighted by Crippen LogP contribution is -2.33. The molecule has 0 aliphatic heterocycles. The fourth-order valence-electron chi connectivity index (χ4n) is 2.86. The van der Waals surface area contributed by atoms with Gasteiger partial charge in [-0.15, -0.1) is 0 Å². The van der Waals surface area contributed by atoms with E-state index in [1.54, 1.807) is 6.20 Å². The summed E-state index contributed by atoms with van der Waals surface area (Å²) in [5, 5.41) is 3.37. The van der Waals surface area contributed by atoms with E-state index in [0.717, 1.165) is 37.3 Å². The number of carbonyl (C=O) groups excluding carboxylic acids is 1. The Hall–Kier alpha value is -2.36. The van der Waals surface area contributed by atoms with Crippen molar-refractivity contribution in [3.63, 3.8) is 0 Å². The highest BCUT2D eigenvalue weighted by Gasteiger charge is 2.16. The molecule has 128 valence electrons. The third kappa shape index (κ3) is 4.82. The van der Waals surface area contributed by atoms with Crippen molar-refractivity contribution in [2.24, 2.45) is 0 Å². The Morgan fingerprint density at radius 1 is 1.00 bits per heavy atom. The maximum Gasteiger partial charge on any atom is 0.272 e. The molecule has 0 saturated heterocycles. The van der Waals surface area contributed by atoms with E-state index >= 15 is 0 Å². The van der Waals surface area contributed by atoms with Crippen LogP contribution in [0.25, 0.3) is 0 Å². The molecule has 4 nitrogen and oxygen atoms in total. The third-order valence-electron chi connectivity index (χ3n) is 3.76. The van der Waals surface area contributed by atoms with E-state index in [9.17, 15) is 4.79 Å². The highest BCUT2D eigenvalue weighted by Crippen LogP contribution is 2.20. The van der Waals surface area contributed by atoms with Gasteiger partial charge in [-0.2, -0.15) is 0 Å². The van der Waals surface area contributed by atoms with Crippen molar-refractivity contribution in [3.8, 4) is 0 Å². The van der Waals surface area contributed by atoms with Gasteiger partial charge in [0.1, 0.15) is 5.69 Å². The molecule has 24 heavy (non-hydrogen) atoms. The Kier molecular flexibility index (Phi) is 6.36. The second-order valence-corrected chi connectivity index (χ2v) is 6.22. The highest BCUT2D eigenvalue weighted by molar-refractivity contribution is 5.93. The molecule has 2 aromatic rings. The van der Waals surface area contributed by atoms with Crippen molar-refractivity contribution in [3.05, 3.63) is 53.3 Å². The zero-order valence-corrected chi connectivity index (χ0v) is 15.1. The highest BCUT2D eigenvalue weighted by atomic mass is 16.2. The van der Waals surface area contributed by atoms with Crippen LogP contribution >= 0.6 is 0 Å². The smallest absolute Gasteiger partial charge is 0.272 e. The van der Waals surface area contributed by atoms with Gasteiger partial charge in [0.25, 0.3) is 5.91 Å². The van der Waals surface area contributed by atoms with E-state index in [1.165, 1.54) is 11.1 Å². The summed E-state index contributed by atoms with van der Waals surface area (Å²) in [6, 6.07) is 10.0. The molecule has 0 atom stereocenters. The maximum atomic E-state index is 12.7. The number of pyridine rings is 1. The Morgan fingerprint density at radius 3 is 2.21 bits per heavy atom. The number of hydrogen-bond donors (Lipinski definition) is 1. The molecule has 1 aromatic heterocycles. The second-order valence-electron chi connectivity index (χ2n) is 6.22. The molecule has 0 saturated carbocycles. The number of amides is 1. The first kappa shape index (κ1) is 18.0. The van der Waals surface area contributed by atoms with Crippen LogP contribution in [0.5, 0.6) is 0 Å². The minimum absolute atomic E-state index is 0.00257. The molecule has 1 heterocycles. The average molecular weight is 325 g/mol. The molecule has 0 bridgehead atoms. The van der Waals surface area contributed by atoms with E-state index in [-0.39, 0.29) is 5.91 Å². The van der Waals surface area contributed by atoms with Crippen LogP contribution in [0.1, 0.15) is 48.3 Å². The van der Waals surface area contributed by atoms with Crippen LogP contribution in [0.4, 0.5) is 11.4 Å². The molecule has 0 aliphatic carbocycles. The standard InChI is InChI=1S/C20H27N3O/c1-5-9-23(10-6-2)20(24)19-14-17(7-8-21-19)22-18-12-15(3)11-16(4)13-18/h7-8,11-14H,5-6,9-10H2,1-4H3,(H,21,22). The molecular formula is C20H27N3O. The fourth-order valence-corrected chi connectivity index (χ4v) is 2.86. The van der Waals surface area contributed by atoms with Crippen molar-refractivity contribution in [2.45, 2.75) is 40.5 Å². The summed E-state index contributed by atoms with van der Waals surface area (Å²) in [6.07, 6.45) is 3.59. The van der Waals surface area contributed by atoms with Gasteiger partial charge in [0.15, 0.2) is 0 Å². The van der Waals surface area contributed by atoms with Crippen LogP contribution in [0.15, 0.2) is 36.5 Å². The first-order valence-electron chi connectivity index (χ1n) is 8.64. The summed E-state index contributed by atoms with van der Waals surface area (Å²) in [6.45, 7) is 9.86. The van der Waals surface area contributed by atoms with Gasteiger partial charge in [0.05, 0.1) is 0 Å². The molecule has 0 fully saturated rings. The number of aryl methyl sites for hydroxylation is 2. The zero-order valence-electron chi connectivity index (χ0n) is 15.1. The normalized spacial score (nSPS) is 10.5. The van der Waals surface area contributed by atoms with E-state index < -0.39 is 0 Å². The van der Waals surface area contributed by atoms with Gasteiger partial charge < -0.3 is 10.2 Å². The summed E-state index contributed by atoms with van der Waals surface area (Å²) < 4.78 is 0. The van der Waals surface area contributed by atoms with Crippen molar-refractivity contribution in [1.29, 1.82) is 0 Å². The SMILES string of the molecule is CCCN(CCC)C(=O)c1cc(Nc2cc(C)cc(C)c2)ccn1. The number of nitrogens with zero attached hydrogens (tertiary/aromatic N) is 2.